The molecule has 0 aromatic heterocycles. The Morgan fingerprint density at radius 1 is 1.04 bits per heavy atom. The Balaban J connectivity index is 1.86. The van der Waals surface area contributed by atoms with Gasteiger partial charge >= 0.3 is 12.1 Å². The van der Waals surface area contributed by atoms with Crippen LogP contribution in [0.4, 0.5) is 18.9 Å². The molecule has 0 heterocycles. The van der Waals surface area contributed by atoms with Gasteiger partial charge in [0, 0.05) is 5.69 Å². The fraction of sp³-hybridized carbons (Fsp3) is 0.300. The van der Waals surface area contributed by atoms with E-state index in [1.165, 1.54) is 19.1 Å². The summed E-state index contributed by atoms with van der Waals surface area (Å²) in [4.78, 5) is 24.1. The fourth-order valence-corrected chi connectivity index (χ4v) is 2.32. The quantitative estimate of drug-likeness (QED) is 0.713. The average Bonchev–Trinajstić information content (AvgIpc) is 2.63. The van der Waals surface area contributed by atoms with Crippen molar-refractivity contribution in [2.24, 2.45) is 0 Å². The van der Waals surface area contributed by atoms with E-state index in [0.29, 0.717) is 23.6 Å². The molecule has 1 N–H and O–H groups in total. The van der Waals surface area contributed by atoms with Crippen LogP contribution in [-0.2, 0) is 26.9 Å². The zero-order chi connectivity index (χ0) is 20.7. The molecule has 0 aliphatic heterocycles. The molecule has 1 amide bonds. The molecule has 8 heteroatoms. The van der Waals surface area contributed by atoms with Crippen LogP contribution >= 0.6 is 0 Å². The standard InChI is InChI=1S/C20H20F3NO4/c1-3-27-17-10-8-16(9-11-17)24-19(26)13(2)28-18(25)12-14-4-6-15(7-5-14)20(21,22)23/h4-11,13H,3,12H2,1-2H3,(H,24,26). The smallest absolute Gasteiger partial charge is 0.416 e. The number of rotatable bonds is 7. The second kappa shape index (κ2) is 9.25. The third-order valence-corrected chi connectivity index (χ3v) is 3.74. The van der Waals surface area contributed by atoms with Crippen LogP contribution in [0.3, 0.4) is 0 Å². The van der Waals surface area contributed by atoms with Gasteiger partial charge in [-0.1, -0.05) is 12.1 Å². The lowest BCUT2D eigenvalue weighted by atomic mass is 10.1. The van der Waals surface area contributed by atoms with Gasteiger partial charge in [-0.2, -0.15) is 13.2 Å². The number of halogens is 3. The molecule has 1 unspecified atom stereocenters. The second-order valence-corrected chi connectivity index (χ2v) is 5.95. The van der Waals surface area contributed by atoms with E-state index in [9.17, 15) is 22.8 Å². The van der Waals surface area contributed by atoms with Gasteiger partial charge in [-0.3, -0.25) is 9.59 Å². The number of ether oxygens (including phenoxy) is 2. The predicted octanol–water partition coefficient (Wildman–Crippen LogP) is 4.22. The summed E-state index contributed by atoms with van der Waals surface area (Å²) in [6, 6.07) is 10.9. The van der Waals surface area contributed by atoms with Crippen molar-refractivity contribution in [3.63, 3.8) is 0 Å². The Bertz CT molecular complexity index is 802. The van der Waals surface area contributed by atoms with Crippen LogP contribution in [0.25, 0.3) is 0 Å². The summed E-state index contributed by atoms with van der Waals surface area (Å²) in [6.07, 6.45) is -5.74. The van der Waals surface area contributed by atoms with E-state index >= 15 is 0 Å². The van der Waals surface area contributed by atoms with Crippen molar-refractivity contribution in [1.82, 2.24) is 0 Å². The summed E-state index contributed by atoms with van der Waals surface area (Å²) in [7, 11) is 0. The minimum absolute atomic E-state index is 0.237. The van der Waals surface area contributed by atoms with E-state index in [0.717, 1.165) is 12.1 Å². The minimum atomic E-state index is -4.44. The largest absolute Gasteiger partial charge is 0.494 e. The highest BCUT2D eigenvalue weighted by molar-refractivity contribution is 5.95. The third-order valence-electron chi connectivity index (χ3n) is 3.74. The molecule has 0 radical (unpaired) electrons. The molecule has 2 rings (SSSR count). The van der Waals surface area contributed by atoms with Crippen molar-refractivity contribution in [2.75, 3.05) is 11.9 Å². The van der Waals surface area contributed by atoms with Crippen LogP contribution in [0.15, 0.2) is 48.5 Å². The number of hydrogen-bond acceptors (Lipinski definition) is 4. The number of nitrogens with one attached hydrogen (secondary N) is 1. The van der Waals surface area contributed by atoms with Crippen LogP contribution in [0.1, 0.15) is 25.0 Å². The predicted molar refractivity (Wildman–Crippen MR) is 96.9 cm³/mol. The maximum atomic E-state index is 12.5. The van der Waals surface area contributed by atoms with E-state index in [-0.39, 0.29) is 6.42 Å². The van der Waals surface area contributed by atoms with E-state index in [1.54, 1.807) is 24.3 Å². The Morgan fingerprint density at radius 2 is 1.64 bits per heavy atom. The first-order chi connectivity index (χ1) is 13.2. The number of carbonyl (C=O) groups is 2. The Hall–Kier alpha value is -3.03. The van der Waals surface area contributed by atoms with Crippen LogP contribution in [0.5, 0.6) is 5.75 Å². The Morgan fingerprint density at radius 3 is 2.18 bits per heavy atom. The molecule has 1 atom stereocenters. The van der Waals surface area contributed by atoms with Gasteiger partial charge in [-0.05, 0) is 55.8 Å². The number of anilines is 1. The van der Waals surface area contributed by atoms with E-state index in [2.05, 4.69) is 5.32 Å². The lowest BCUT2D eigenvalue weighted by Gasteiger charge is -2.14. The summed E-state index contributed by atoms with van der Waals surface area (Å²) in [6.45, 7) is 3.79. The maximum Gasteiger partial charge on any atom is 0.416 e. The van der Waals surface area contributed by atoms with Crippen LogP contribution in [0, 0.1) is 0 Å². The lowest BCUT2D eigenvalue weighted by Crippen LogP contribution is -2.30. The number of esters is 1. The molecule has 28 heavy (non-hydrogen) atoms. The van der Waals surface area contributed by atoms with Gasteiger partial charge in [0.05, 0.1) is 18.6 Å². The highest BCUT2D eigenvalue weighted by Crippen LogP contribution is 2.29. The highest BCUT2D eigenvalue weighted by Gasteiger charge is 2.30. The van der Waals surface area contributed by atoms with Crippen molar-refractivity contribution < 1.29 is 32.2 Å². The average molecular weight is 395 g/mol. The molecule has 0 bridgehead atoms. The molecular formula is C20H20F3NO4. The summed E-state index contributed by atoms with van der Waals surface area (Å²) < 4.78 is 48.0. The van der Waals surface area contributed by atoms with Gasteiger partial charge in [0.1, 0.15) is 5.75 Å². The number of hydrogen-bond donors (Lipinski definition) is 1. The second-order valence-electron chi connectivity index (χ2n) is 5.95. The fourth-order valence-electron chi connectivity index (χ4n) is 2.32. The van der Waals surface area contributed by atoms with Crippen molar-refractivity contribution >= 4 is 17.6 Å². The number of carbonyl (C=O) groups excluding carboxylic acids is 2. The van der Waals surface area contributed by atoms with Crippen molar-refractivity contribution in [1.29, 1.82) is 0 Å². The van der Waals surface area contributed by atoms with Crippen LogP contribution in [0.2, 0.25) is 0 Å². The zero-order valence-corrected chi connectivity index (χ0v) is 15.4. The summed E-state index contributed by atoms with van der Waals surface area (Å²) in [5.41, 5.74) is 0.0731. The van der Waals surface area contributed by atoms with E-state index in [4.69, 9.17) is 9.47 Å². The summed E-state index contributed by atoms with van der Waals surface area (Å²) >= 11 is 0. The zero-order valence-electron chi connectivity index (χ0n) is 15.4. The number of alkyl halides is 3. The first-order valence-electron chi connectivity index (χ1n) is 8.58. The molecule has 0 saturated heterocycles. The normalized spacial score (nSPS) is 12.2. The van der Waals surface area contributed by atoms with Crippen molar-refractivity contribution in [3.8, 4) is 5.75 Å². The van der Waals surface area contributed by atoms with E-state index < -0.39 is 29.7 Å². The van der Waals surface area contributed by atoms with Gasteiger partial charge < -0.3 is 14.8 Å². The van der Waals surface area contributed by atoms with Gasteiger partial charge in [0.25, 0.3) is 5.91 Å². The minimum Gasteiger partial charge on any atom is -0.494 e. The summed E-state index contributed by atoms with van der Waals surface area (Å²) in [5.74, 6) is -0.574. The first kappa shape index (κ1) is 21.3. The monoisotopic (exact) mass is 395 g/mol. The van der Waals surface area contributed by atoms with Gasteiger partial charge in [-0.25, -0.2) is 0 Å². The molecule has 2 aromatic rings. The van der Waals surface area contributed by atoms with Gasteiger partial charge in [0.2, 0.25) is 0 Å². The highest BCUT2D eigenvalue weighted by atomic mass is 19.4. The third kappa shape index (κ3) is 6.29. The molecule has 0 aliphatic carbocycles. The SMILES string of the molecule is CCOc1ccc(NC(=O)C(C)OC(=O)Cc2ccc(C(F)(F)F)cc2)cc1. The molecule has 0 saturated carbocycles. The molecular weight excluding hydrogens is 375 g/mol. The summed E-state index contributed by atoms with van der Waals surface area (Å²) in [5, 5.41) is 2.61. The first-order valence-corrected chi connectivity index (χ1v) is 8.58. The lowest BCUT2D eigenvalue weighted by molar-refractivity contribution is -0.152. The number of amides is 1. The molecule has 5 nitrogen and oxygen atoms in total. The van der Waals surface area contributed by atoms with Crippen LogP contribution in [-0.4, -0.2) is 24.6 Å². The number of benzene rings is 2. The van der Waals surface area contributed by atoms with Gasteiger partial charge in [-0.15, -0.1) is 0 Å². The molecule has 150 valence electrons. The molecule has 0 aliphatic rings. The molecule has 0 spiro atoms. The van der Waals surface area contributed by atoms with Crippen LogP contribution < -0.4 is 10.1 Å². The maximum absolute atomic E-state index is 12.5. The van der Waals surface area contributed by atoms with E-state index in [1.807, 2.05) is 6.92 Å². The Kier molecular flexibility index (Phi) is 7.03. The molecule has 0 fully saturated rings. The Labute approximate surface area is 160 Å². The molecule has 2 aromatic carbocycles. The topological polar surface area (TPSA) is 64.6 Å². The van der Waals surface area contributed by atoms with Crippen molar-refractivity contribution in [2.45, 2.75) is 32.5 Å². The van der Waals surface area contributed by atoms with Crippen molar-refractivity contribution in [3.05, 3.63) is 59.7 Å². The van der Waals surface area contributed by atoms with Gasteiger partial charge in [0.15, 0.2) is 6.10 Å².